The molecular weight excluding hydrogens is 470 g/mol. The first-order valence-corrected chi connectivity index (χ1v) is 12.8. The largest absolute Gasteiger partial charge is 0.339 e. The van der Waals surface area contributed by atoms with Crippen LogP contribution < -0.4 is 10.2 Å². The lowest BCUT2D eigenvalue weighted by Gasteiger charge is -2.20. The predicted octanol–water partition coefficient (Wildman–Crippen LogP) is 3.07. The van der Waals surface area contributed by atoms with Crippen molar-refractivity contribution < 1.29 is 22.5 Å². The number of anilines is 2. The van der Waals surface area contributed by atoms with Gasteiger partial charge >= 0.3 is 0 Å². The molecule has 1 aromatic heterocycles. The lowest BCUT2D eigenvalue weighted by Crippen LogP contribution is -2.31. The molecule has 0 bridgehead atoms. The molecule has 0 radical (unpaired) electrons. The van der Waals surface area contributed by atoms with Gasteiger partial charge in [0.05, 0.1) is 16.5 Å². The van der Waals surface area contributed by atoms with Crippen LogP contribution in [0.4, 0.5) is 11.4 Å². The van der Waals surface area contributed by atoms with Crippen LogP contribution in [0.1, 0.15) is 26.2 Å². The maximum Gasteiger partial charge on any atom is 0.243 e. The van der Waals surface area contributed by atoms with E-state index in [1.54, 1.807) is 51.1 Å². The first-order valence-electron chi connectivity index (χ1n) is 11.4. The van der Waals surface area contributed by atoms with E-state index in [0.717, 1.165) is 0 Å². The Morgan fingerprint density at radius 2 is 1.83 bits per heavy atom. The van der Waals surface area contributed by atoms with Gasteiger partial charge in [0.2, 0.25) is 33.6 Å². The standard InChI is InChI=1S/C24H27N5O5S/c1-4-28(5-2)35(32,33)19-12-10-18(11-13-19)29-15-17(14-22(29)30)24(31)26-21-9-7-6-8-20(21)23-25-16(3)34-27-23/h6-13,17H,4-5,14-15H2,1-3H3,(H,26,31). The van der Waals surface area contributed by atoms with Crippen molar-refractivity contribution in [1.29, 1.82) is 0 Å². The van der Waals surface area contributed by atoms with Gasteiger partial charge in [0.15, 0.2) is 0 Å². The van der Waals surface area contributed by atoms with E-state index in [2.05, 4.69) is 15.5 Å². The van der Waals surface area contributed by atoms with Crippen LogP contribution in [0.2, 0.25) is 0 Å². The summed E-state index contributed by atoms with van der Waals surface area (Å²) in [6.07, 6.45) is 0.0504. The van der Waals surface area contributed by atoms with Gasteiger partial charge < -0.3 is 14.7 Å². The third-order valence-corrected chi connectivity index (χ3v) is 8.00. The number of para-hydroxylation sites is 1. The maximum atomic E-state index is 13.0. The Morgan fingerprint density at radius 1 is 1.14 bits per heavy atom. The van der Waals surface area contributed by atoms with Crippen LogP contribution in [0.3, 0.4) is 0 Å². The first-order chi connectivity index (χ1) is 16.7. The SMILES string of the molecule is CCN(CC)S(=O)(=O)c1ccc(N2CC(C(=O)Nc3ccccc3-c3noc(C)n3)CC2=O)cc1. The fourth-order valence-corrected chi connectivity index (χ4v) is 5.53. The topological polar surface area (TPSA) is 126 Å². The lowest BCUT2D eigenvalue weighted by molar-refractivity contribution is -0.122. The van der Waals surface area contributed by atoms with Crippen LogP contribution in [0.5, 0.6) is 0 Å². The van der Waals surface area contributed by atoms with Gasteiger partial charge in [-0.05, 0) is 36.4 Å². The van der Waals surface area contributed by atoms with Crippen molar-refractivity contribution in [2.24, 2.45) is 5.92 Å². The molecule has 1 atom stereocenters. The highest BCUT2D eigenvalue weighted by molar-refractivity contribution is 7.89. The molecule has 184 valence electrons. The van der Waals surface area contributed by atoms with Crippen LogP contribution in [0.25, 0.3) is 11.4 Å². The summed E-state index contributed by atoms with van der Waals surface area (Å²) in [4.78, 5) is 31.6. The number of carbonyl (C=O) groups is 2. The molecular formula is C24H27N5O5S. The van der Waals surface area contributed by atoms with Gasteiger partial charge in [-0.25, -0.2) is 8.42 Å². The highest BCUT2D eigenvalue weighted by Gasteiger charge is 2.35. The van der Waals surface area contributed by atoms with Gasteiger partial charge in [-0.15, -0.1) is 0 Å². The molecule has 0 aliphatic carbocycles. The van der Waals surface area contributed by atoms with Crippen molar-refractivity contribution in [2.75, 3.05) is 29.9 Å². The third kappa shape index (κ3) is 4.96. The number of amides is 2. The summed E-state index contributed by atoms with van der Waals surface area (Å²) in [6, 6.07) is 13.3. The molecule has 1 unspecified atom stereocenters. The first kappa shape index (κ1) is 24.6. The Hall–Kier alpha value is -3.57. The van der Waals surface area contributed by atoms with E-state index in [9.17, 15) is 18.0 Å². The summed E-state index contributed by atoms with van der Waals surface area (Å²) in [5.41, 5.74) is 1.69. The van der Waals surface area contributed by atoms with Crippen LogP contribution in [-0.2, 0) is 19.6 Å². The van der Waals surface area contributed by atoms with Crippen LogP contribution >= 0.6 is 0 Å². The van der Waals surface area contributed by atoms with Crippen molar-refractivity contribution in [2.45, 2.75) is 32.1 Å². The second kappa shape index (κ2) is 9.96. The van der Waals surface area contributed by atoms with Gasteiger partial charge in [-0.1, -0.05) is 31.1 Å². The van der Waals surface area contributed by atoms with E-state index in [4.69, 9.17) is 4.52 Å². The van der Waals surface area contributed by atoms with Crippen LogP contribution in [0.15, 0.2) is 57.9 Å². The molecule has 2 amide bonds. The fraction of sp³-hybridized carbons (Fsp3) is 0.333. The molecule has 1 N–H and O–H groups in total. The summed E-state index contributed by atoms with van der Waals surface area (Å²) in [5, 5.41) is 6.80. The van der Waals surface area contributed by atoms with Gasteiger partial charge in [-0.3, -0.25) is 9.59 Å². The molecule has 0 saturated carbocycles. The number of nitrogens with zero attached hydrogens (tertiary/aromatic N) is 4. The zero-order valence-corrected chi connectivity index (χ0v) is 20.6. The summed E-state index contributed by atoms with van der Waals surface area (Å²) in [7, 11) is -3.59. The number of benzene rings is 2. The number of nitrogens with one attached hydrogen (secondary N) is 1. The predicted molar refractivity (Wildman–Crippen MR) is 130 cm³/mol. The Bertz CT molecular complexity index is 1330. The van der Waals surface area contributed by atoms with Crippen LogP contribution in [-0.4, -0.2) is 54.3 Å². The maximum absolute atomic E-state index is 13.0. The molecule has 1 fully saturated rings. The highest BCUT2D eigenvalue weighted by atomic mass is 32.2. The molecule has 0 spiro atoms. The van der Waals surface area contributed by atoms with Gasteiger partial charge in [0, 0.05) is 44.2 Å². The van der Waals surface area contributed by atoms with Gasteiger partial charge in [0.25, 0.3) is 0 Å². The van der Waals surface area contributed by atoms with Crippen molar-refractivity contribution in [3.8, 4) is 11.4 Å². The molecule has 10 nitrogen and oxygen atoms in total. The molecule has 2 heterocycles. The zero-order chi connectivity index (χ0) is 25.2. The average Bonchev–Trinajstić information content (AvgIpc) is 3.46. The number of sulfonamides is 1. The normalized spacial score (nSPS) is 16.2. The summed E-state index contributed by atoms with van der Waals surface area (Å²) in [6.45, 7) is 6.18. The summed E-state index contributed by atoms with van der Waals surface area (Å²) < 4.78 is 31.8. The molecule has 1 aliphatic heterocycles. The Balaban J connectivity index is 1.48. The fourth-order valence-electron chi connectivity index (χ4n) is 4.07. The molecule has 1 aliphatic rings. The van der Waals surface area contributed by atoms with Crippen molar-refractivity contribution in [3.05, 3.63) is 54.4 Å². The van der Waals surface area contributed by atoms with Crippen molar-refractivity contribution in [3.63, 3.8) is 0 Å². The molecule has 2 aromatic carbocycles. The second-order valence-electron chi connectivity index (χ2n) is 8.16. The minimum absolute atomic E-state index is 0.0504. The average molecular weight is 498 g/mol. The molecule has 1 saturated heterocycles. The van der Waals surface area contributed by atoms with E-state index in [1.807, 2.05) is 6.07 Å². The lowest BCUT2D eigenvalue weighted by atomic mass is 10.1. The van der Waals surface area contributed by atoms with Gasteiger partial charge in [-0.2, -0.15) is 9.29 Å². The van der Waals surface area contributed by atoms with E-state index in [-0.39, 0.29) is 29.7 Å². The van der Waals surface area contributed by atoms with Crippen molar-refractivity contribution in [1.82, 2.24) is 14.4 Å². The zero-order valence-electron chi connectivity index (χ0n) is 19.8. The van der Waals surface area contributed by atoms with E-state index >= 15 is 0 Å². The number of rotatable bonds is 8. The van der Waals surface area contributed by atoms with Crippen LogP contribution in [0, 0.1) is 12.8 Å². The van der Waals surface area contributed by atoms with E-state index < -0.39 is 15.9 Å². The van der Waals surface area contributed by atoms with Crippen molar-refractivity contribution >= 4 is 33.2 Å². The Kier molecular flexibility index (Phi) is 6.99. The smallest absolute Gasteiger partial charge is 0.243 e. The summed E-state index contributed by atoms with van der Waals surface area (Å²) >= 11 is 0. The minimum atomic E-state index is -3.59. The number of hydrogen-bond donors (Lipinski definition) is 1. The molecule has 35 heavy (non-hydrogen) atoms. The summed E-state index contributed by atoms with van der Waals surface area (Å²) in [5.74, 6) is -0.293. The second-order valence-corrected chi connectivity index (χ2v) is 10.1. The Morgan fingerprint density at radius 3 is 2.46 bits per heavy atom. The van der Waals surface area contributed by atoms with Gasteiger partial charge in [0.1, 0.15) is 0 Å². The number of hydrogen-bond acceptors (Lipinski definition) is 7. The van der Waals surface area contributed by atoms with E-state index in [1.165, 1.54) is 21.3 Å². The Labute approximate surface area is 204 Å². The molecule has 3 aromatic rings. The minimum Gasteiger partial charge on any atom is -0.339 e. The third-order valence-electron chi connectivity index (χ3n) is 5.94. The quantitative estimate of drug-likeness (QED) is 0.507. The monoisotopic (exact) mass is 497 g/mol. The molecule has 4 rings (SSSR count). The van der Waals surface area contributed by atoms with E-state index in [0.29, 0.717) is 41.7 Å². The molecule has 11 heteroatoms. The number of carbonyl (C=O) groups excluding carboxylic acids is 2. The number of aromatic nitrogens is 2. The number of aryl methyl sites for hydroxylation is 1. The highest BCUT2D eigenvalue weighted by Crippen LogP contribution is 2.30.